The molecule has 1 amide bonds. The van der Waals surface area contributed by atoms with Gasteiger partial charge in [-0.25, -0.2) is 0 Å². The average Bonchev–Trinajstić information content (AvgIpc) is 3.09. The first-order valence-corrected chi connectivity index (χ1v) is 8.55. The number of methoxy groups -OCH3 is 2. The van der Waals surface area contributed by atoms with Gasteiger partial charge in [0.2, 0.25) is 5.43 Å². The van der Waals surface area contributed by atoms with Crippen LogP contribution in [0, 0.1) is 5.41 Å². The van der Waals surface area contributed by atoms with Gasteiger partial charge in [-0.2, -0.15) is 0 Å². The summed E-state index contributed by atoms with van der Waals surface area (Å²) in [6.07, 6.45) is 5.84. The van der Waals surface area contributed by atoms with Gasteiger partial charge < -0.3 is 19.8 Å². The number of ether oxygens (including phenoxy) is 2. The molecule has 1 aromatic carbocycles. The zero-order chi connectivity index (χ0) is 17.9. The molecule has 0 spiro atoms. The fourth-order valence-electron chi connectivity index (χ4n) is 3.66. The van der Waals surface area contributed by atoms with Crippen molar-refractivity contribution in [1.29, 1.82) is 0 Å². The maximum absolute atomic E-state index is 12.7. The van der Waals surface area contributed by atoms with Crippen molar-refractivity contribution in [2.45, 2.75) is 25.7 Å². The van der Waals surface area contributed by atoms with E-state index in [-0.39, 0.29) is 22.3 Å². The van der Waals surface area contributed by atoms with Gasteiger partial charge in [0.25, 0.3) is 5.91 Å². The smallest absolute Gasteiger partial charge is 0.256 e. The summed E-state index contributed by atoms with van der Waals surface area (Å²) in [6, 6.07) is 5.18. The molecule has 0 saturated heterocycles. The summed E-state index contributed by atoms with van der Waals surface area (Å²) >= 11 is 0. The van der Waals surface area contributed by atoms with Crippen LogP contribution in [-0.2, 0) is 4.74 Å². The molecule has 0 aliphatic heterocycles. The standard InChI is InChI=1S/C19H24N2O4/c1-24-12-19(7-3-4-8-19)11-21-18(23)15-10-20-16-6-5-13(25-2)9-14(16)17(15)22/h5-6,9-10H,3-4,7-8,11-12H2,1-2H3,(H,20,22)(H,21,23). The van der Waals surface area contributed by atoms with Crippen LogP contribution in [0.3, 0.4) is 0 Å². The van der Waals surface area contributed by atoms with Crippen LogP contribution < -0.4 is 15.5 Å². The predicted molar refractivity (Wildman–Crippen MR) is 96.2 cm³/mol. The summed E-state index contributed by atoms with van der Waals surface area (Å²) in [4.78, 5) is 28.3. The van der Waals surface area contributed by atoms with Crippen molar-refractivity contribution in [3.05, 3.63) is 40.2 Å². The number of amides is 1. The van der Waals surface area contributed by atoms with Crippen LogP contribution in [0.15, 0.2) is 29.2 Å². The van der Waals surface area contributed by atoms with E-state index in [4.69, 9.17) is 9.47 Å². The Hall–Kier alpha value is -2.34. The minimum Gasteiger partial charge on any atom is -0.497 e. The van der Waals surface area contributed by atoms with Crippen LogP contribution in [-0.4, -0.2) is 38.3 Å². The number of hydrogen-bond acceptors (Lipinski definition) is 4. The Morgan fingerprint density at radius 3 is 2.72 bits per heavy atom. The van der Waals surface area contributed by atoms with Gasteiger partial charge in [0.15, 0.2) is 0 Å². The lowest BCUT2D eigenvalue weighted by atomic mass is 9.87. The summed E-state index contributed by atoms with van der Waals surface area (Å²) in [5, 5.41) is 3.37. The molecule has 1 heterocycles. The molecule has 0 radical (unpaired) electrons. The molecule has 6 nitrogen and oxygen atoms in total. The molecule has 1 saturated carbocycles. The highest BCUT2D eigenvalue weighted by Gasteiger charge is 2.34. The van der Waals surface area contributed by atoms with E-state index < -0.39 is 0 Å². The van der Waals surface area contributed by atoms with E-state index in [1.54, 1.807) is 32.4 Å². The largest absolute Gasteiger partial charge is 0.497 e. The highest BCUT2D eigenvalue weighted by Crippen LogP contribution is 2.37. The lowest BCUT2D eigenvalue weighted by molar-refractivity contribution is 0.0740. The summed E-state index contributed by atoms with van der Waals surface area (Å²) < 4.78 is 10.5. The maximum atomic E-state index is 12.7. The molecule has 134 valence electrons. The number of pyridine rings is 1. The Morgan fingerprint density at radius 1 is 1.28 bits per heavy atom. The van der Waals surface area contributed by atoms with Crippen LogP contribution in [0.25, 0.3) is 10.9 Å². The molecule has 2 aromatic rings. The van der Waals surface area contributed by atoms with Gasteiger partial charge in [-0.3, -0.25) is 9.59 Å². The Bertz CT molecular complexity index is 822. The van der Waals surface area contributed by atoms with Crippen LogP contribution in [0.5, 0.6) is 5.75 Å². The van der Waals surface area contributed by atoms with E-state index in [2.05, 4.69) is 10.3 Å². The van der Waals surface area contributed by atoms with E-state index in [1.807, 2.05) is 0 Å². The van der Waals surface area contributed by atoms with Gasteiger partial charge in [0.05, 0.1) is 13.7 Å². The zero-order valence-electron chi connectivity index (χ0n) is 14.7. The van der Waals surface area contributed by atoms with E-state index in [9.17, 15) is 9.59 Å². The molecule has 0 bridgehead atoms. The highest BCUT2D eigenvalue weighted by atomic mass is 16.5. The van der Waals surface area contributed by atoms with Crippen molar-refractivity contribution in [3.8, 4) is 5.75 Å². The third kappa shape index (κ3) is 3.54. The SMILES string of the molecule is COCC1(CNC(=O)c2c[nH]c3ccc(OC)cc3c2=O)CCCC1. The van der Waals surface area contributed by atoms with Crippen LogP contribution in [0.2, 0.25) is 0 Å². The number of benzene rings is 1. The number of aromatic nitrogens is 1. The van der Waals surface area contributed by atoms with Crippen molar-refractivity contribution in [1.82, 2.24) is 10.3 Å². The zero-order valence-corrected chi connectivity index (χ0v) is 14.7. The second-order valence-corrected chi connectivity index (χ2v) is 6.77. The van der Waals surface area contributed by atoms with Gasteiger partial charge in [-0.05, 0) is 31.0 Å². The first-order chi connectivity index (χ1) is 12.1. The molecular formula is C19H24N2O4. The Balaban J connectivity index is 1.82. The number of nitrogens with one attached hydrogen (secondary N) is 2. The minimum atomic E-state index is -0.353. The van der Waals surface area contributed by atoms with Crippen LogP contribution in [0.4, 0.5) is 0 Å². The lowest BCUT2D eigenvalue weighted by Gasteiger charge is -2.28. The summed E-state index contributed by atoms with van der Waals surface area (Å²) in [6.45, 7) is 1.15. The van der Waals surface area contributed by atoms with E-state index in [0.717, 1.165) is 25.7 Å². The number of carbonyl (C=O) groups is 1. The number of carbonyl (C=O) groups excluding carboxylic acids is 1. The molecule has 0 unspecified atom stereocenters. The molecule has 1 fully saturated rings. The first kappa shape index (κ1) is 17.5. The fourth-order valence-corrected chi connectivity index (χ4v) is 3.66. The molecule has 2 N–H and O–H groups in total. The van der Waals surface area contributed by atoms with Crippen LogP contribution >= 0.6 is 0 Å². The fraction of sp³-hybridized carbons (Fsp3) is 0.474. The maximum Gasteiger partial charge on any atom is 0.256 e. The predicted octanol–water partition coefficient (Wildman–Crippen LogP) is 2.47. The van der Waals surface area contributed by atoms with E-state index >= 15 is 0 Å². The number of aromatic amines is 1. The molecule has 1 aromatic heterocycles. The summed E-state index contributed by atoms with van der Waals surface area (Å²) in [7, 11) is 3.23. The molecule has 25 heavy (non-hydrogen) atoms. The highest BCUT2D eigenvalue weighted by molar-refractivity contribution is 5.97. The number of fused-ring (bicyclic) bond motifs is 1. The van der Waals surface area contributed by atoms with Gasteiger partial charge in [0.1, 0.15) is 11.3 Å². The van der Waals surface area contributed by atoms with E-state index in [0.29, 0.717) is 29.8 Å². The summed E-state index contributed by atoms with van der Waals surface area (Å²) in [5.41, 5.74) is 0.481. The summed E-state index contributed by atoms with van der Waals surface area (Å²) in [5.74, 6) is 0.230. The van der Waals surface area contributed by atoms with Gasteiger partial charge in [0, 0.05) is 36.2 Å². The number of hydrogen-bond donors (Lipinski definition) is 2. The van der Waals surface area contributed by atoms with Crippen molar-refractivity contribution < 1.29 is 14.3 Å². The Morgan fingerprint density at radius 2 is 2.04 bits per heavy atom. The topological polar surface area (TPSA) is 80.4 Å². The molecule has 6 heteroatoms. The second kappa shape index (κ2) is 7.27. The third-order valence-electron chi connectivity index (χ3n) is 5.07. The lowest BCUT2D eigenvalue weighted by Crippen LogP contribution is -2.40. The number of H-pyrrole nitrogens is 1. The molecule has 0 atom stereocenters. The Kier molecular flexibility index (Phi) is 5.08. The normalized spacial score (nSPS) is 16.1. The molecule has 1 aliphatic carbocycles. The van der Waals surface area contributed by atoms with Crippen molar-refractivity contribution in [2.24, 2.45) is 5.41 Å². The van der Waals surface area contributed by atoms with Crippen molar-refractivity contribution >= 4 is 16.8 Å². The monoisotopic (exact) mass is 344 g/mol. The quantitative estimate of drug-likeness (QED) is 0.844. The van der Waals surface area contributed by atoms with Crippen LogP contribution in [0.1, 0.15) is 36.0 Å². The average molecular weight is 344 g/mol. The third-order valence-corrected chi connectivity index (χ3v) is 5.07. The van der Waals surface area contributed by atoms with Gasteiger partial charge in [-0.15, -0.1) is 0 Å². The minimum absolute atomic E-state index is 0.0166. The first-order valence-electron chi connectivity index (χ1n) is 8.55. The Labute approximate surface area is 146 Å². The van der Waals surface area contributed by atoms with Crippen molar-refractivity contribution in [2.75, 3.05) is 27.4 Å². The molecule has 3 rings (SSSR count). The number of rotatable bonds is 6. The second-order valence-electron chi connectivity index (χ2n) is 6.77. The van der Waals surface area contributed by atoms with Gasteiger partial charge >= 0.3 is 0 Å². The molecule has 1 aliphatic rings. The molecular weight excluding hydrogens is 320 g/mol. The van der Waals surface area contributed by atoms with Gasteiger partial charge in [-0.1, -0.05) is 12.8 Å². The van der Waals surface area contributed by atoms with Crippen molar-refractivity contribution in [3.63, 3.8) is 0 Å². The van der Waals surface area contributed by atoms with E-state index in [1.165, 1.54) is 6.20 Å².